The minimum Gasteiger partial charge on any atom is -0.461 e. The van der Waals surface area contributed by atoms with E-state index in [4.69, 9.17) is 4.74 Å². The average molecular weight is 808 g/mol. The lowest BCUT2D eigenvalue weighted by Gasteiger charge is -2.24. The Morgan fingerprint density at radius 3 is 1.53 bits per heavy atom. The number of unbranched alkanes of at least 4 members (excludes halogenated alkanes) is 20. The van der Waals surface area contributed by atoms with Crippen molar-refractivity contribution in [2.45, 2.75) is 225 Å². The van der Waals surface area contributed by atoms with Gasteiger partial charge in [-0.15, -0.1) is 0 Å². The van der Waals surface area contributed by atoms with Crippen molar-refractivity contribution in [3.05, 3.63) is 85.1 Å². The van der Waals surface area contributed by atoms with Crippen LogP contribution >= 0.6 is 0 Å². The molecule has 6 nitrogen and oxygen atoms in total. The van der Waals surface area contributed by atoms with Gasteiger partial charge in [0.15, 0.2) is 0 Å². The van der Waals surface area contributed by atoms with E-state index in [1.165, 1.54) is 116 Å². The van der Waals surface area contributed by atoms with Crippen LogP contribution in [0.1, 0.15) is 207 Å². The molecule has 3 N–H and O–H groups in total. The van der Waals surface area contributed by atoms with E-state index in [0.717, 1.165) is 38.5 Å². The minimum atomic E-state index is -0.829. The third kappa shape index (κ3) is 39.8. The number of aliphatic hydroxyl groups is 2. The first-order chi connectivity index (χ1) is 28.5. The van der Waals surface area contributed by atoms with Gasteiger partial charge in [-0.1, -0.05) is 234 Å². The van der Waals surface area contributed by atoms with Gasteiger partial charge in [0.25, 0.3) is 0 Å². The van der Waals surface area contributed by atoms with Crippen molar-refractivity contribution in [1.29, 1.82) is 0 Å². The second-order valence-electron chi connectivity index (χ2n) is 15.9. The molecule has 0 aliphatic rings. The molecule has 332 valence electrons. The van der Waals surface area contributed by atoms with E-state index in [-0.39, 0.29) is 31.3 Å². The maximum Gasteiger partial charge on any atom is 0.306 e. The van der Waals surface area contributed by atoms with Gasteiger partial charge in [-0.3, -0.25) is 9.59 Å². The van der Waals surface area contributed by atoms with Crippen molar-refractivity contribution in [3.63, 3.8) is 0 Å². The molecule has 3 unspecified atom stereocenters. The number of esters is 1. The summed E-state index contributed by atoms with van der Waals surface area (Å²) in [6.45, 7) is 6.26. The smallest absolute Gasteiger partial charge is 0.306 e. The van der Waals surface area contributed by atoms with Crippen LogP contribution < -0.4 is 5.32 Å². The molecule has 0 bridgehead atoms. The fourth-order valence-corrected chi connectivity index (χ4v) is 6.74. The van der Waals surface area contributed by atoms with Gasteiger partial charge in [0, 0.05) is 12.8 Å². The first-order valence-corrected chi connectivity index (χ1v) is 23.9. The van der Waals surface area contributed by atoms with Crippen molar-refractivity contribution >= 4 is 11.9 Å². The molecular weight excluding hydrogens is 719 g/mol. The molecule has 0 saturated carbocycles. The summed E-state index contributed by atoms with van der Waals surface area (Å²) >= 11 is 0. The van der Waals surface area contributed by atoms with Crippen molar-refractivity contribution < 1.29 is 24.5 Å². The summed E-state index contributed by atoms with van der Waals surface area (Å²) in [4.78, 5) is 25.9. The second kappa shape index (κ2) is 45.1. The molecule has 0 radical (unpaired) electrons. The van der Waals surface area contributed by atoms with E-state index in [2.05, 4.69) is 50.4 Å². The molecule has 0 aromatic carbocycles. The van der Waals surface area contributed by atoms with E-state index in [9.17, 15) is 19.8 Å². The number of hydrogen-bond acceptors (Lipinski definition) is 5. The van der Waals surface area contributed by atoms with Crippen molar-refractivity contribution in [2.24, 2.45) is 0 Å². The highest BCUT2D eigenvalue weighted by Gasteiger charge is 2.23. The Hall–Kier alpha value is -2.96. The lowest BCUT2D eigenvalue weighted by Crippen LogP contribution is -2.46. The van der Waals surface area contributed by atoms with E-state index < -0.39 is 18.2 Å². The molecule has 58 heavy (non-hydrogen) atoms. The van der Waals surface area contributed by atoms with E-state index in [1.54, 1.807) is 0 Å². The fraction of sp³-hybridized carbons (Fsp3) is 0.692. The Morgan fingerprint density at radius 2 is 1.02 bits per heavy atom. The van der Waals surface area contributed by atoms with Gasteiger partial charge in [-0.25, -0.2) is 0 Å². The summed E-state index contributed by atoms with van der Waals surface area (Å²) in [5, 5.41) is 23.6. The fourth-order valence-electron chi connectivity index (χ4n) is 6.74. The third-order valence-electron chi connectivity index (χ3n) is 10.4. The molecule has 0 spiro atoms. The molecule has 0 heterocycles. The first-order valence-electron chi connectivity index (χ1n) is 23.9. The third-order valence-corrected chi connectivity index (χ3v) is 10.4. The Morgan fingerprint density at radius 1 is 0.552 bits per heavy atom. The predicted octanol–water partition coefficient (Wildman–Crippen LogP) is 14.0. The van der Waals surface area contributed by atoms with Gasteiger partial charge >= 0.3 is 5.97 Å². The maximum absolute atomic E-state index is 13.1. The van der Waals surface area contributed by atoms with Crippen molar-refractivity contribution in [3.8, 4) is 0 Å². The van der Waals surface area contributed by atoms with Crippen LogP contribution in [-0.2, 0) is 14.3 Å². The first kappa shape index (κ1) is 55.0. The van der Waals surface area contributed by atoms with Crippen LogP contribution in [-0.4, -0.2) is 46.9 Å². The van der Waals surface area contributed by atoms with Gasteiger partial charge in [0.2, 0.25) is 5.91 Å². The highest BCUT2D eigenvalue weighted by atomic mass is 16.5. The number of hydrogen-bond donors (Lipinski definition) is 3. The largest absolute Gasteiger partial charge is 0.461 e. The molecule has 1 amide bonds. The highest BCUT2D eigenvalue weighted by Crippen LogP contribution is 2.16. The zero-order valence-electron chi connectivity index (χ0n) is 37.6. The number of nitrogens with one attached hydrogen (secondary N) is 1. The number of carbonyl (C=O) groups is 2. The molecule has 0 aromatic heterocycles. The molecule has 6 heteroatoms. The Labute approximate surface area is 357 Å². The standard InChI is InChI=1S/C52H89NO5/c1-4-7-10-13-16-19-22-24-25-27-29-32-35-38-41-44-50(55)49(47-54)53-51(56)46-48(43-40-37-34-31-28-21-18-15-12-9-6-3)58-52(57)45-42-39-36-33-30-26-23-20-17-14-11-8-5-2/h9,12,15,18,21,26,28,30-31,34,36-37,39-40,48-50,54-55H,4-8,10-11,13-14,16-17,19-20,22-25,27,29,32-33,35,38,41-47H2,1-3H3,(H,53,56)/b12-9+,18-15+,28-21-,30-26-,34-31-,39-36+,40-37+. The highest BCUT2D eigenvalue weighted by molar-refractivity contribution is 5.77. The van der Waals surface area contributed by atoms with Crippen LogP contribution in [0.5, 0.6) is 0 Å². The number of rotatable bonds is 41. The normalized spacial score (nSPS) is 14.1. The van der Waals surface area contributed by atoms with E-state index in [1.807, 2.05) is 60.8 Å². The van der Waals surface area contributed by atoms with Crippen molar-refractivity contribution in [1.82, 2.24) is 5.32 Å². The summed E-state index contributed by atoms with van der Waals surface area (Å²) in [5.41, 5.74) is 0. The second-order valence-corrected chi connectivity index (χ2v) is 15.9. The number of ether oxygens (including phenoxy) is 1. The van der Waals surface area contributed by atoms with Crippen LogP contribution in [0.2, 0.25) is 0 Å². The number of amides is 1. The Bertz CT molecular complexity index is 1130. The van der Waals surface area contributed by atoms with Crippen LogP contribution in [0, 0.1) is 0 Å². The molecule has 0 aromatic rings. The topological polar surface area (TPSA) is 95.9 Å². The summed E-state index contributed by atoms with van der Waals surface area (Å²) in [6, 6.07) is -0.753. The van der Waals surface area contributed by atoms with Gasteiger partial charge in [0.05, 0.1) is 25.2 Å². The number of aliphatic hydroxyl groups excluding tert-OH is 2. The van der Waals surface area contributed by atoms with E-state index in [0.29, 0.717) is 19.3 Å². The van der Waals surface area contributed by atoms with Gasteiger partial charge < -0.3 is 20.3 Å². The van der Waals surface area contributed by atoms with Gasteiger partial charge in [-0.2, -0.15) is 0 Å². The molecule has 0 aliphatic heterocycles. The van der Waals surface area contributed by atoms with Crippen LogP contribution in [0.15, 0.2) is 85.1 Å². The predicted molar refractivity (Wildman–Crippen MR) is 250 cm³/mol. The lowest BCUT2D eigenvalue weighted by molar-refractivity contribution is -0.150. The Balaban J connectivity index is 4.73. The summed E-state index contributed by atoms with van der Waals surface area (Å²) in [7, 11) is 0. The minimum absolute atomic E-state index is 0.0445. The van der Waals surface area contributed by atoms with Crippen LogP contribution in [0.4, 0.5) is 0 Å². The Kier molecular flexibility index (Phi) is 42.8. The number of carbonyl (C=O) groups excluding carboxylic acids is 2. The maximum atomic E-state index is 13.1. The lowest BCUT2D eigenvalue weighted by atomic mass is 10.0. The SMILES string of the molecule is CC/C=C/C=C/C=C\C=C/C=C/CC(CC(=O)NC(CO)C(O)CCCCCCCCCCCCCCCCC)OC(=O)CC/C=C/C/C=C\CCCCCCCC. The van der Waals surface area contributed by atoms with E-state index >= 15 is 0 Å². The molecule has 0 saturated heterocycles. The summed E-state index contributed by atoms with van der Waals surface area (Å²) in [6.07, 6.45) is 58.2. The van der Waals surface area contributed by atoms with Crippen LogP contribution in [0.3, 0.4) is 0 Å². The number of allylic oxidation sites excluding steroid dienone is 13. The zero-order valence-corrected chi connectivity index (χ0v) is 37.6. The molecular formula is C52H89NO5. The van der Waals surface area contributed by atoms with Crippen molar-refractivity contribution in [2.75, 3.05) is 6.61 Å². The van der Waals surface area contributed by atoms with Crippen LogP contribution in [0.25, 0.3) is 0 Å². The van der Waals surface area contributed by atoms with Gasteiger partial charge in [-0.05, 0) is 38.5 Å². The molecule has 0 rings (SSSR count). The van der Waals surface area contributed by atoms with Gasteiger partial charge in [0.1, 0.15) is 6.10 Å². The molecule has 0 aliphatic carbocycles. The quantitative estimate of drug-likeness (QED) is 0.0247. The average Bonchev–Trinajstić information content (AvgIpc) is 3.22. The summed E-state index contributed by atoms with van der Waals surface area (Å²) < 4.78 is 5.78. The zero-order chi connectivity index (χ0) is 42.4. The summed E-state index contributed by atoms with van der Waals surface area (Å²) in [5.74, 6) is -0.695. The molecule has 3 atom stereocenters. The molecule has 0 fully saturated rings. The monoisotopic (exact) mass is 808 g/mol.